The number of hydrogen-bond acceptors (Lipinski definition) is 3. The zero-order valence-corrected chi connectivity index (χ0v) is 39.9. The number of anilines is 6. The molecule has 0 atom stereocenters. The number of fused-ring (bicyclic) bond motifs is 10. The molecule has 0 saturated heterocycles. The third-order valence-electron chi connectivity index (χ3n) is 14.5. The van der Waals surface area contributed by atoms with Crippen molar-refractivity contribution in [2.24, 2.45) is 0 Å². The Balaban J connectivity index is 1.07. The molecule has 0 amide bonds. The van der Waals surface area contributed by atoms with E-state index in [2.05, 4.69) is 289 Å². The second kappa shape index (κ2) is 17.6. The van der Waals surface area contributed by atoms with Crippen molar-refractivity contribution in [3.8, 4) is 33.4 Å². The van der Waals surface area contributed by atoms with E-state index in [1.54, 1.807) is 0 Å². The first kappa shape index (κ1) is 42.2. The molecule has 14 rings (SSSR count). The molecule has 0 radical (unpaired) electrons. The van der Waals surface area contributed by atoms with Crippen LogP contribution in [0.15, 0.2) is 283 Å². The van der Waals surface area contributed by atoms with Crippen molar-refractivity contribution in [1.29, 1.82) is 0 Å². The Labute approximate surface area is 423 Å². The maximum absolute atomic E-state index is 7.02. The summed E-state index contributed by atoms with van der Waals surface area (Å²) in [4.78, 5) is 4.82. The average Bonchev–Trinajstić information content (AvgIpc) is 3.87. The number of nitrogens with zero attached hydrogens (tertiary/aromatic N) is 2. The lowest BCUT2D eigenvalue weighted by Gasteiger charge is -2.31. The van der Waals surface area contributed by atoms with Gasteiger partial charge in [0, 0.05) is 50.3 Å². The van der Waals surface area contributed by atoms with E-state index in [4.69, 9.17) is 4.42 Å². The lowest BCUT2D eigenvalue weighted by Crippen LogP contribution is -2.14. The summed E-state index contributed by atoms with van der Waals surface area (Å²) in [6.07, 6.45) is 0. The van der Waals surface area contributed by atoms with Gasteiger partial charge in [-0.25, -0.2) is 0 Å². The standard InChI is InChI=1S/C70H46N2O/c1-3-26-52(27-4-1)71(53-28-5-2-6-29-53)56-44-51(62-40-19-41-67-68(62)69-65-36-13-11-34-63(65)64-35-12-14-37-66(64)70(69)73-67)45-57(46-56)72(54-30-15-24-49(42-54)60-38-17-22-47-20-7-9-32-58(47)60)55-31-16-25-50(43-55)61-39-18-23-48-21-8-10-33-59(48)61/h1-46H. The lowest BCUT2D eigenvalue weighted by atomic mass is 9.93. The van der Waals surface area contributed by atoms with Gasteiger partial charge in [-0.15, -0.1) is 0 Å². The molecule has 0 aliphatic rings. The van der Waals surface area contributed by atoms with Crippen molar-refractivity contribution in [1.82, 2.24) is 0 Å². The van der Waals surface area contributed by atoms with Crippen molar-refractivity contribution < 1.29 is 4.42 Å². The molecule has 3 heteroatoms. The Morgan fingerprint density at radius 3 is 1.21 bits per heavy atom. The van der Waals surface area contributed by atoms with Gasteiger partial charge in [-0.1, -0.05) is 206 Å². The van der Waals surface area contributed by atoms with Gasteiger partial charge >= 0.3 is 0 Å². The molecule has 0 aliphatic carbocycles. The molecule has 73 heavy (non-hydrogen) atoms. The first-order valence-electron chi connectivity index (χ1n) is 25.0. The summed E-state index contributed by atoms with van der Waals surface area (Å²) >= 11 is 0. The molecule has 0 bridgehead atoms. The number of hydrogen-bond donors (Lipinski definition) is 0. The highest BCUT2D eigenvalue weighted by atomic mass is 16.3. The predicted octanol–water partition coefficient (Wildman–Crippen LogP) is 20.1. The molecule has 1 aromatic heterocycles. The number of benzene rings is 13. The Hall–Kier alpha value is -9.70. The lowest BCUT2D eigenvalue weighted by molar-refractivity contribution is 0.673. The first-order valence-corrected chi connectivity index (χ1v) is 25.0. The molecule has 0 spiro atoms. The van der Waals surface area contributed by atoms with Gasteiger partial charge in [-0.05, 0) is 144 Å². The van der Waals surface area contributed by atoms with E-state index in [9.17, 15) is 0 Å². The van der Waals surface area contributed by atoms with Gasteiger partial charge in [0.2, 0.25) is 0 Å². The molecule has 14 aromatic rings. The fraction of sp³-hybridized carbons (Fsp3) is 0. The average molecular weight is 931 g/mol. The molecule has 0 N–H and O–H groups in total. The third kappa shape index (κ3) is 7.29. The van der Waals surface area contributed by atoms with E-state index in [0.717, 1.165) is 83.7 Å². The minimum atomic E-state index is 0.853. The van der Waals surface area contributed by atoms with Crippen LogP contribution in [0.25, 0.3) is 98.4 Å². The molecule has 1 heterocycles. The molecule has 3 nitrogen and oxygen atoms in total. The van der Waals surface area contributed by atoms with E-state index in [1.165, 1.54) is 48.8 Å². The van der Waals surface area contributed by atoms with Crippen LogP contribution < -0.4 is 9.80 Å². The SMILES string of the molecule is c1ccc(N(c2ccccc2)c2cc(-c3cccc4oc5c6ccccc6c6ccccc6c5c34)cc(N(c3cccc(-c4cccc5ccccc45)c3)c3cccc(-c4cccc5ccccc45)c3)c2)cc1. The normalized spacial score (nSPS) is 11.6. The van der Waals surface area contributed by atoms with E-state index in [1.807, 2.05) is 0 Å². The van der Waals surface area contributed by atoms with Crippen LogP contribution in [0.3, 0.4) is 0 Å². The van der Waals surface area contributed by atoms with Gasteiger partial charge < -0.3 is 14.2 Å². The highest BCUT2D eigenvalue weighted by Gasteiger charge is 2.24. The minimum Gasteiger partial charge on any atom is -0.455 e. The molecule has 342 valence electrons. The van der Waals surface area contributed by atoms with E-state index in [-0.39, 0.29) is 0 Å². The summed E-state index contributed by atoms with van der Waals surface area (Å²) in [6, 6.07) is 101. The summed E-state index contributed by atoms with van der Waals surface area (Å²) in [7, 11) is 0. The van der Waals surface area contributed by atoms with Crippen LogP contribution in [-0.2, 0) is 0 Å². The van der Waals surface area contributed by atoms with Crippen LogP contribution in [0.5, 0.6) is 0 Å². The first-order chi connectivity index (χ1) is 36.2. The molecule has 0 unspecified atom stereocenters. The summed E-state index contributed by atoms with van der Waals surface area (Å²) < 4.78 is 7.02. The fourth-order valence-corrected chi connectivity index (χ4v) is 11.3. The van der Waals surface area contributed by atoms with Gasteiger partial charge in [0.05, 0.1) is 0 Å². The molecular weight excluding hydrogens is 885 g/mol. The molecular formula is C70H46N2O. The Morgan fingerprint density at radius 2 is 0.630 bits per heavy atom. The van der Waals surface area contributed by atoms with Crippen LogP contribution >= 0.6 is 0 Å². The van der Waals surface area contributed by atoms with Crippen molar-refractivity contribution in [3.05, 3.63) is 279 Å². The second-order valence-electron chi connectivity index (χ2n) is 18.8. The summed E-state index contributed by atoms with van der Waals surface area (Å²) in [6.45, 7) is 0. The van der Waals surface area contributed by atoms with Crippen LogP contribution in [0.4, 0.5) is 34.1 Å². The highest BCUT2D eigenvalue weighted by Crippen LogP contribution is 2.49. The molecule has 13 aromatic carbocycles. The van der Waals surface area contributed by atoms with Crippen molar-refractivity contribution in [2.45, 2.75) is 0 Å². The Morgan fingerprint density at radius 1 is 0.233 bits per heavy atom. The Bertz CT molecular complexity index is 4230. The zero-order valence-electron chi connectivity index (χ0n) is 39.9. The Kier molecular flexibility index (Phi) is 10.2. The largest absolute Gasteiger partial charge is 0.455 e. The van der Waals surface area contributed by atoms with Crippen LogP contribution in [0.1, 0.15) is 0 Å². The quantitative estimate of drug-likeness (QED) is 0.135. The zero-order chi connectivity index (χ0) is 48.2. The topological polar surface area (TPSA) is 19.6 Å². The van der Waals surface area contributed by atoms with E-state index >= 15 is 0 Å². The number of furan rings is 1. The molecule has 0 aliphatic heterocycles. The van der Waals surface area contributed by atoms with Gasteiger partial charge in [0.25, 0.3) is 0 Å². The van der Waals surface area contributed by atoms with Crippen LogP contribution in [0, 0.1) is 0 Å². The maximum atomic E-state index is 7.02. The van der Waals surface area contributed by atoms with Crippen LogP contribution in [-0.4, -0.2) is 0 Å². The fourth-order valence-electron chi connectivity index (χ4n) is 11.3. The predicted molar refractivity (Wildman–Crippen MR) is 309 cm³/mol. The smallest absolute Gasteiger partial charge is 0.143 e. The summed E-state index contributed by atoms with van der Waals surface area (Å²) in [5.41, 5.74) is 14.8. The van der Waals surface area contributed by atoms with Crippen molar-refractivity contribution in [2.75, 3.05) is 9.80 Å². The van der Waals surface area contributed by atoms with Crippen LogP contribution in [0.2, 0.25) is 0 Å². The van der Waals surface area contributed by atoms with Gasteiger partial charge in [-0.3, -0.25) is 0 Å². The van der Waals surface area contributed by atoms with E-state index in [0.29, 0.717) is 0 Å². The minimum absolute atomic E-state index is 0.853. The second-order valence-corrected chi connectivity index (χ2v) is 18.8. The van der Waals surface area contributed by atoms with Crippen molar-refractivity contribution >= 4 is 99.2 Å². The third-order valence-corrected chi connectivity index (χ3v) is 14.5. The van der Waals surface area contributed by atoms with Gasteiger partial charge in [-0.2, -0.15) is 0 Å². The highest BCUT2D eigenvalue weighted by molar-refractivity contribution is 6.32. The van der Waals surface area contributed by atoms with Gasteiger partial charge in [0.1, 0.15) is 11.2 Å². The van der Waals surface area contributed by atoms with E-state index < -0.39 is 0 Å². The number of para-hydroxylation sites is 2. The summed E-state index contributed by atoms with van der Waals surface area (Å²) in [5.74, 6) is 0. The van der Waals surface area contributed by atoms with Gasteiger partial charge in [0.15, 0.2) is 0 Å². The molecule has 0 saturated carbocycles. The number of rotatable bonds is 9. The molecule has 0 fully saturated rings. The monoisotopic (exact) mass is 930 g/mol. The maximum Gasteiger partial charge on any atom is 0.143 e. The summed E-state index contributed by atoms with van der Waals surface area (Å²) in [5, 5.41) is 11.8. The van der Waals surface area contributed by atoms with Crippen molar-refractivity contribution in [3.63, 3.8) is 0 Å².